The van der Waals surface area contributed by atoms with E-state index >= 15 is 0 Å². The molecule has 2 aliphatic heterocycles. The van der Waals surface area contributed by atoms with Crippen LogP contribution < -0.4 is 0 Å². The maximum atomic E-state index is 14.0. The van der Waals surface area contributed by atoms with Crippen molar-refractivity contribution >= 4 is 22.7 Å². The van der Waals surface area contributed by atoms with Gasteiger partial charge in [-0.15, -0.1) is 11.3 Å². The molecule has 0 atom stereocenters. The molecule has 3 heterocycles. The summed E-state index contributed by atoms with van der Waals surface area (Å²) >= 11 is 1.66. The van der Waals surface area contributed by atoms with E-state index in [2.05, 4.69) is 22.0 Å². The molecule has 2 nitrogen and oxygen atoms in total. The number of nitrogens with zero attached hydrogens (tertiary/aromatic N) is 2. The molecule has 0 spiro atoms. The van der Waals surface area contributed by atoms with Crippen molar-refractivity contribution in [3.8, 4) is 0 Å². The van der Waals surface area contributed by atoms with Crippen molar-refractivity contribution in [2.45, 2.75) is 6.42 Å². The van der Waals surface area contributed by atoms with Crippen LogP contribution in [0.5, 0.6) is 0 Å². The van der Waals surface area contributed by atoms with E-state index in [0.29, 0.717) is 0 Å². The molecule has 4 rings (SSSR count). The summed E-state index contributed by atoms with van der Waals surface area (Å²) in [5.74, 6) is -0.115. The number of allylic oxidation sites excluding steroid dienone is 1. The molecule has 1 aromatic heterocycles. The Morgan fingerprint density at radius 3 is 3.00 bits per heavy atom. The number of hydrogen-bond donors (Lipinski definition) is 0. The zero-order valence-electron chi connectivity index (χ0n) is 11.3. The smallest absolute Gasteiger partial charge is 0.127 e. The highest BCUT2D eigenvalue weighted by Gasteiger charge is 2.23. The minimum atomic E-state index is -0.115. The van der Waals surface area contributed by atoms with E-state index in [4.69, 9.17) is 0 Å². The van der Waals surface area contributed by atoms with E-state index in [9.17, 15) is 4.39 Å². The van der Waals surface area contributed by atoms with Crippen molar-refractivity contribution in [3.05, 3.63) is 76.0 Å². The second-order valence-corrected chi connectivity index (χ2v) is 5.98. The van der Waals surface area contributed by atoms with Crippen molar-refractivity contribution in [1.82, 2.24) is 4.90 Å². The third-order valence-electron chi connectivity index (χ3n) is 3.81. The molecule has 0 saturated heterocycles. The standard InChI is InChI=1S/C17H13FN2S/c18-14-4-1-3-13-12(14)6-8-20-9-7-19-15(11-16(13)20)17-5-2-10-21-17/h1-5,7,9-11H,6,8H2. The van der Waals surface area contributed by atoms with E-state index in [1.807, 2.05) is 29.9 Å². The van der Waals surface area contributed by atoms with Crippen LogP contribution in [0.2, 0.25) is 0 Å². The minimum Gasteiger partial charge on any atom is -0.346 e. The van der Waals surface area contributed by atoms with Crippen molar-refractivity contribution in [1.29, 1.82) is 0 Å². The molecule has 0 radical (unpaired) electrons. The van der Waals surface area contributed by atoms with Crippen molar-refractivity contribution in [2.75, 3.05) is 6.54 Å². The summed E-state index contributed by atoms with van der Waals surface area (Å²) in [5, 5.41) is 2.04. The second-order valence-electron chi connectivity index (χ2n) is 5.03. The van der Waals surface area contributed by atoms with Gasteiger partial charge in [0.25, 0.3) is 0 Å². The Kier molecular flexibility index (Phi) is 2.97. The highest BCUT2D eigenvalue weighted by atomic mass is 32.1. The topological polar surface area (TPSA) is 15.6 Å². The first-order chi connectivity index (χ1) is 10.3. The summed E-state index contributed by atoms with van der Waals surface area (Å²) < 4.78 is 14.0. The summed E-state index contributed by atoms with van der Waals surface area (Å²) in [5.41, 5.74) is 3.73. The van der Waals surface area contributed by atoms with Gasteiger partial charge in [0.05, 0.1) is 16.3 Å². The minimum absolute atomic E-state index is 0.115. The van der Waals surface area contributed by atoms with Gasteiger partial charge in [0.2, 0.25) is 0 Å². The Morgan fingerprint density at radius 1 is 1.19 bits per heavy atom. The van der Waals surface area contributed by atoms with Crippen LogP contribution in [0.3, 0.4) is 0 Å². The average molecular weight is 296 g/mol. The van der Waals surface area contributed by atoms with Crippen LogP contribution in [0.4, 0.5) is 4.39 Å². The number of hydrogen-bond acceptors (Lipinski definition) is 3. The molecule has 2 aromatic rings. The summed E-state index contributed by atoms with van der Waals surface area (Å²) in [4.78, 5) is 7.79. The van der Waals surface area contributed by atoms with E-state index in [0.717, 1.165) is 40.4 Å². The predicted octanol–water partition coefficient (Wildman–Crippen LogP) is 4.06. The maximum absolute atomic E-state index is 14.0. The Balaban J connectivity index is 1.88. The van der Waals surface area contributed by atoms with Gasteiger partial charge in [0.1, 0.15) is 5.82 Å². The second kappa shape index (κ2) is 4.97. The van der Waals surface area contributed by atoms with Crippen LogP contribution in [0.15, 0.2) is 59.2 Å². The Labute approximate surface area is 126 Å². The first-order valence-corrected chi connectivity index (χ1v) is 7.75. The molecule has 4 heteroatoms. The number of thiophene rings is 1. The monoisotopic (exact) mass is 296 g/mol. The number of rotatable bonds is 1. The fourth-order valence-corrected chi connectivity index (χ4v) is 3.49. The number of benzene rings is 1. The molecule has 0 fully saturated rings. The van der Waals surface area contributed by atoms with Crippen LogP contribution >= 0.6 is 11.3 Å². The number of fused-ring (bicyclic) bond motifs is 3. The first kappa shape index (κ1) is 12.5. The van der Waals surface area contributed by atoms with Crippen LogP contribution in [-0.2, 0) is 6.42 Å². The number of halogens is 1. The van der Waals surface area contributed by atoms with Crippen LogP contribution in [0.25, 0.3) is 5.70 Å². The van der Waals surface area contributed by atoms with Gasteiger partial charge in [0.15, 0.2) is 0 Å². The molecule has 0 bridgehead atoms. The Bertz CT molecular complexity index is 772. The molecule has 0 aliphatic carbocycles. The van der Waals surface area contributed by atoms with Gasteiger partial charge in [-0.2, -0.15) is 0 Å². The highest BCUT2D eigenvalue weighted by Crippen LogP contribution is 2.32. The molecule has 21 heavy (non-hydrogen) atoms. The largest absolute Gasteiger partial charge is 0.346 e. The van der Waals surface area contributed by atoms with Crippen LogP contribution in [0, 0.1) is 5.82 Å². The lowest BCUT2D eigenvalue weighted by atomic mass is 9.95. The third-order valence-corrected chi connectivity index (χ3v) is 4.71. The van der Waals surface area contributed by atoms with E-state index in [-0.39, 0.29) is 5.82 Å². The van der Waals surface area contributed by atoms with Gasteiger partial charge >= 0.3 is 0 Å². The normalized spacial score (nSPS) is 16.7. The summed E-state index contributed by atoms with van der Waals surface area (Å²) in [6.07, 6.45) is 6.57. The van der Waals surface area contributed by atoms with Crippen molar-refractivity contribution in [2.24, 2.45) is 4.99 Å². The summed E-state index contributed by atoms with van der Waals surface area (Å²) in [7, 11) is 0. The average Bonchev–Trinajstić information content (AvgIpc) is 2.94. The molecule has 0 unspecified atom stereocenters. The molecule has 0 saturated carbocycles. The van der Waals surface area contributed by atoms with Gasteiger partial charge in [-0.25, -0.2) is 4.39 Å². The van der Waals surface area contributed by atoms with Gasteiger partial charge in [-0.1, -0.05) is 18.2 Å². The number of aliphatic imine (C=N–C) groups is 1. The van der Waals surface area contributed by atoms with Gasteiger partial charge in [-0.3, -0.25) is 4.99 Å². The molecule has 0 amide bonds. The highest BCUT2D eigenvalue weighted by molar-refractivity contribution is 7.12. The molecule has 104 valence electrons. The lowest BCUT2D eigenvalue weighted by Crippen LogP contribution is -2.25. The zero-order valence-corrected chi connectivity index (χ0v) is 12.1. The van der Waals surface area contributed by atoms with Crippen molar-refractivity contribution in [3.63, 3.8) is 0 Å². The summed E-state index contributed by atoms with van der Waals surface area (Å²) in [6, 6.07) is 9.37. The predicted molar refractivity (Wildman–Crippen MR) is 84.8 cm³/mol. The Hall–Kier alpha value is -2.20. The van der Waals surface area contributed by atoms with Crippen LogP contribution in [0.1, 0.15) is 16.0 Å². The maximum Gasteiger partial charge on any atom is 0.127 e. The molecular formula is C17H13FN2S. The Morgan fingerprint density at radius 2 is 2.14 bits per heavy atom. The lowest BCUT2D eigenvalue weighted by molar-refractivity contribution is 0.499. The van der Waals surface area contributed by atoms with E-state index < -0.39 is 0 Å². The SMILES string of the molecule is Fc1cccc2c1CCN1C=CN=C(c3cccs3)C=C21. The van der Waals surface area contributed by atoms with E-state index in [1.165, 1.54) is 6.07 Å². The fourth-order valence-electron chi connectivity index (χ4n) is 2.80. The molecule has 0 N–H and O–H groups in total. The van der Waals surface area contributed by atoms with Crippen molar-refractivity contribution < 1.29 is 4.39 Å². The zero-order chi connectivity index (χ0) is 14.2. The lowest BCUT2D eigenvalue weighted by Gasteiger charge is -2.30. The third kappa shape index (κ3) is 2.12. The van der Waals surface area contributed by atoms with Gasteiger partial charge in [0, 0.05) is 24.5 Å². The molecule has 1 aromatic carbocycles. The molecule has 2 aliphatic rings. The van der Waals surface area contributed by atoms with Gasteiger partial charge in [-0.05, 0) is 35.6 Å². The van der Waals surface area contributed by atoms with Gasteiger partial charge < -0.3 is 4.90 Å². The molecular weight excluding hydrogens is 283 g/mol. The fraction of sp³-hybridized carbons (Fsp3) is 0.118. The quantitative estimate of drug-likeness (QED) is 0.775. The first-order valence-electron chi connectivity index (χ1n) is 6.87. The van der Waals surface area contributed by atoms with E-state index in [1.54, 1.807) is 17.4 Å². The van der Waals surface area contributed by atoms with Crippen LogP contribution in [-0.4, -0.2) is 17.2 Å². The summed E-state index contributed by atoms with van der Waals surface area (Å²) in [6.45, 7) is 0.781.